The summed E-state index contributed by atoms with van der Waals surface area (Å²) in [6.45, 7) is 6.12. The van der Waals surface area contributed by atoms with E-state index in [1.54, 1.807) is 6.92 Å². The first-order valence-corrected chi connectivity index (χ1v) is 9.09. The van der Waals surface area contributed by atoms with Crippen molar-refractivity contribution >= 4 is 9.84 Å². The largest absolute Gasteiger partial charge is 0.316 e. The van der Waals surface area contributed by atoms with E-state index in [-0.39, 0.29) is 23.0 Å². The smallest absolute Gasteiger partial charge is 0.150 e. The lowest BCUT2D eigenvalue weighted by molar-refractivity contribution is 0.338. The Morgan fingerprint density at radius 1 is 1.20 bits per heavy atom. The number of likely N-dealkylation sites (N-methyl/N-ethyl adjacent to an activating group) is 1. The quantitative estimate of drug-likeness (QED) is 0.802. The lowest BCUT2D eigenvalue weighted by Gasteiger charge is -2.35. The highest BCUT2D eigenvalue weighted by atomic mass is 32.2. The maximum absolute atomic E-state index is 11.6. The van der Waals surface area contributed by atoms with Gasteiger partial charge in [-0.3, -0.25) is 0 Å². The van der Waals surface area contributed by atoms with E-state index in [2.05, 4.69) is 31.3 Å². The van der Waals surface area contributed by atoms with Gasteiger partial charge in [-0.1, -0.05) is 51.1 Å². The van der Waals surface area contributed by atoms with E-state index in [1.165, 1.54) is 5.56 Å². The lowest BCUT2D eigenvalue weighted by Crippen LogP contribution is -2.43. The van der Waals surface area contributed by atoms with Crippen LogP contribution >= 0.6 is 0 Å². The Morgan fingerprint density at radius 2 is 1.80 bits per heavy atom. The van der Waals surface area contributed by atoms with Crippen LogP contribution in [0.4, 0.5) is 0 Å². The minimum absolute atomic E-state index is 0.0218. The van der Waals surface area contributed by atoms with Crippen LogP contribution in [0, 0.1) is 0 Å². The van der Waals surface area contributed by atoms with Gasteiger partial charge in [-0.15, -0.1) is 0 Å². The maximum Gasteiger partial charge on any atom is 0.150 e. The van der Waals surface area contributed by atoms with Crippen molar-refractivity contribution in [1.82, 2.24) is 5.32 Å². The number of sulfone groups is 1. The van der Waals surface area contributed by atoms with E-state index in [0.29, 0.717) is 6.42 Å². The van der Waals surface area contributed by atoms with Crippen molar-refractivity contribution in [3.63, 3.8) is 0 Å². The van der Waals surface area contributed by atoms with Crippen LogP contribution < -0.4 is 5.32 Å². The molecule has 3 nitrogen and oxygen atoms in total. The Labute approximate surface area is 123 Å². The Kier molecular flexibility index (Phi) is 6.21. The predicted molar refractivity (Wildman–Crippen MR) is 85.9 cm³/mol. The van der Waals surface area contributed by atoms with Gasteiger partial charge in [0.05, 0.1) is 5.75 Å². The van der Waals surface area contributed by atoms with Gasteiger partial charge >= 0.3 is 0 Å². The molecule has 0 radical (unpaired) electrons. The second kappa shape index (κ2) is 7.23. The van der Waals surface area contributed by atoms with Gasteiger partial charge in [0.2, 0.25) is 0 Å². The molecule has 1 N–H and O–H groups in total. The molecular formula is C16H27NO2S. The zero-order valence-electron chi connectivity index (χ0n) is 13.0. The number of nitrogens with one attached hydrogen (secondary N) is 1. The molecule has 0 saturated heterocycles. The van der Waals surface area contributed by atoms with Gasteiger partial charge < -0.3 is 5.32 Å². The molecule has 0 bridgehead atoms. The molecular weight excluding hydrogens is 270 g/mol. The molecule has 0 aliphatic rings. The average Bonchev–Trinajstić information content (AvgIpc) is 2.44. The van der Waals surface area contributed by atoms with Gasteiger partial charge in [-0.05, 0) is 25.5 Å². The topological polar surface area (TPSA) is 46.2 Å². The fourth-order valence-electron chi connectivity index (χ4n) is 2.59. The molecule has 1 aromatic carbocycles. The highest BCUT2D eigenvalue weighted by Crippen LogP contribution is 2.29. The monoisotopic (exact) mass is 297 g/mol. The number of benzene rings is 1. The summed E-state index contributed by atoms with van der Waals surface area (Å²) in [7, 11) is -0.913. The van der Waals surface area contributed by atoms with Crippen LogP contribution in [0.5, 0.6) is 0 Å². The summed E-state index contributed by atoms with van der Waals surface area (Å²) < 4.78 is 23.1. The standard InChI is InChI=1S/C16H27NO2S/c1-5-20(18,19)13-9-12-15(17-4)16(2,3)14-10-7-6-8-11-14/h6-8,10-11,15,17H,5,9,12-13H2,1-4H3. The molecule has 0 spiro atoms. The van der Waals surface area contributed by atoms with Crippen molar-refractivity contribution in [3.05, 3.63) is 35.9 Å². The molecule has 0 aliphatic carbocycles. The van der Waals surface area contributed by atoms with Crippen LogP contribution in [0.2, 0.25) is 0 Å². The summed E-state index contributed by atoms with van der Waals surface area (Å²) >= 11 is 0. The molecule has 0 heterocycles. The average molecular weight is 297 g/mol. The van der Waals surface area contributed by atoms with Crippen molar-refractivity contribution < 1.29 is 8.42 Å². The minimum Gasteiger partial charge on any atom is -0.316 e. The molecule has 114 valence electrons. The van der Waals surface area contributed by atoms with Crippen molar-refractivity contribution in [3.8, 4) is 0 Å². The van der Waals surface area contributed by atoms with Crippen LogP contribution in [-0.4, -0.2) is 33.0 Å². The molecule has 1 rings (SSSR count). The van der Waals surface area contributed by atoms with Gasteiger partial charge in [0.1, 0.15) is 9.84 Å². The fraction of sp³-hybridized carbons (Fsp3) is 0.625. The molecule has 1 atom stereocenters. The third kappa shape index (κ3) is 4.60. The van der Waals surface area contributed by atoms with Crippen molar-refractivity contribution in [1.29, 1.82) is 0 Å². The summed E-state index contributed by atoms with van der Waals surface area (Å²) in [6.07, 6.45) is 1.57. The molecule has 0 aromatic heterocycles. The number of hydrogen-bond donors (Lipinski definition) is 1. The van der Waals surface area contributed by atoms with Crippen LogP contribution in [-0.2, 0) is 15.3 Å². The van der Waals surface area contributed by atoms with Crippen LogP contribution in [0.3, 0.4) is 0 Å². The highest BCUT2D eigenvalue weighted by molar-refractivity contribution is 7.91. The zero-order valence-corrected chi connectivity index (χ0v) is 13.8. The van der Waals surface area contributed by atoms with Crippen molar-refractivity contribution in [2.75, 3.05) is 18.6 Å². The third-order valence-electron chi connectivity index (χ3n) is 4.13. The van der Waals surface area contributed by atoms with Crippen LogP contribution in [0.1, 0.15) is 39.2 Å². The van der Waals surface area contributed by atoms with Crippen LogP contribution in [0.15, 0.2) is 30.3 Å². The fourth-order valence-corrected chi connectivity index (χ4v) is 3.48. The van der Waals surface area contributed by atoms with Crippen molar-refractivity contribution in [2.45, 2.75) is 45.1 Å². The van der Waals surface area contributed by atoms with Gasteiger partial charge in [0, 0.05) is 17.2 Å². The van der Waals surface area contributed by atoms with E-state index in [9.17, 15) is 8.42 Å². The molecule has 0 saturated carbocycles. The second-order valence-corrected chi connectivity index (χ2v) is 8.28. The molecule has 20 heavy (non-hydrogen) atoms. The highest BCUT2D eigenvalue weighted by Gasteiger charge is 2.29. The molecule has 0 amide bonds. The maximum atomic E-state index is 11.6. The summed E-state index contributed by atoms with van der Waals surface area (Å²) in [6, 6.07) is 10.6. The summed E-state index contributed by atoms with van der Waals surface area (Å²) in [5, 5.41) is 3.35. The Morgan fingerprint density at radius 3 is 2.30 bits per heavy atom. The van der Waals surface area contributed by atoms with Crippen molar-refractivity contribution in [2.24, 2.45) is 0 Å². The summed E-state index contributed by atoms with van der Waals surface area (Å²) in [4.78, 5) is 0. The Bertz CT molecular complexity index is 494. The zero-order chi connectivity index (χ0) is 15.2. The predicted octanol–water partition coefficient (Wildman–Crippen LogP) is 2.77. The van der Waals surface area contributed by atoms with Gasteiger partial charge in [-0.2, -0.15) is 0 Å². The van der Waals surface area contributed by atoms with E-state index in [1.807, 2.05) is 25.2 Å². The molecule has 1 unspecified atom stereocenters. The first kappa shape index (κ1) is 17.2. The van der Waals surface area contributed by atoms with E-state index < -0.39 is 9.84 Å². The first-order valence-electron chi connectivity index (χ1n) is 7.26. The first-order chi connectivity index (χ1) is 9.33. The van der Waals surface area contributed by atoms with Crippen LogP contribution in [0.25, 0.3) is 0 Å². The normalized spacial score (nSPS) is 14.2. The second-order valence-electron chi connectivity index (χ2n) is 5.81. The van der Waals surface area contributed by atoms with E-state index in [0.717, 1.165) is 6.42 Å². The Hall–Kier alpha value is -0.870. The Balaban J connectivity index is 2.71. The van der Waals surface area contributed by atoms with E-state index >= 15 is 0 Å². The lowest BCUT2D eigenvalue weighted by atomic mass is 9.76. The number of hydrogen-bond acceptors (Lipinski definition) is 3. The summed E-state index contributed by atoms with van der Waals surface area (Å²) in [5.41, 5.74) is 1.25. The molecule has 0 aliphatic heterocycles. The third-order valence-corrected chi connectivity index (χ3v) is 5.92. The molecule has 0 fully saturated rings. The number of rotatable bonds is 8. The van der Waals surface area contributed by atoms with Gasteiger partial charge in [0.25, 0.3) is 0 Å². The summed E-state index contributed by atoms with van der Waals surface area (Å²) in [5.74, 6) is 0.520. The molecule has 1 aromatic rings. The van der Waals surface area contributed by atoms with E-state index in [4.69, 9.17) is 0 Å². The molecule has 4 heteroatoms. The van der Waals surface area contributed by atoms with Gasteiger partial charge in [-0.25, -0.2) is 8.42 Å². The SMILES string of the molecule is CCS(=O)(=O)CCCC(NC)C(C)(C)c1ccccc1. The minimum atomic E-state index is -2.86. The van der Waals surface area contributed by atoms with Gasteiger partial charge in [0.15, 0.2) is 0 Å².